The van der Waals surface area contributed by atoms with Crippen molar-refractivity contribution in [2.75, 3.05) is 70.7 Å². The molecule has 14 nitrogen and oxygen atoms in total. The number of halogens is 2. The highest BCUT2D eigenvalue weighted by Crippen LogP contribution is 2.36. The number of nitrogens with two attached hydrogens (primary N) is 3. The number of carbonyl (C=O) groups is 4. The summed E-state index contributed by atoms with van der Waals surface area (Å²) in [6.45, 7) is 3.09. The van der Waals surface area contributed by atoms with Crippen LogP contribution in [0.25, 0.3) is 11.4 Å². The third-order valence-corrected chi connectivity index (χ3v) is 9.70. The highest BCUT2D eigenvalue weighted by atomic mass is 79.9. The minimum Gasteiger partial charge on any atom is -0.396 e. The van der Waals surface area contributed by atoms with Crippen LogP contribution in [0.15, 0.2) is 57.5 Å². The molecule has 0 atom stereocenters. The lowest BCUT2D eigenvalue weighted by Crippen LogP contribution is -2.38. The number of hydrogen-bond donors (Lipinski definition) is 4. The molecule has 49 heavy (non-hydrogen) atoms. The van der Waals surface area contributed by atoms with Crippen molar-refractivity contribution in [1.29, 1.82) is 0 Å². The van der Waals surface area contributed by atoms with Gasteiger partial charge in [0.05, 0.1) is 76.4 Å². The Morgan fingerprint density at radius 1 is 0.837 bits per heavy atom. The number of ether oxygens (including phenoxy) is 3. The van der Waals surface area contributed by atoms with Gasteiger partial charge >= 0.3 is 0 Å². The fourth-order valence-corrected chi connectivity index (χ4v) is 6.01. The first-order chi connectivity index (χ1) is 23.6. The molecule has 0 saturated carbocycles. The standard InChI is InChI=1S/C33H41Br2N7O7/c34-28-29(35)33(46)40(32(28)45)13-17-47-15-10-26(43)39-12-9-27(44)41-21-22-5-1-2-6-23(22)31(30(37)24-7-3-4-8-25(24)41)42(38)14-18-49-20-19-48-16-11-36/h1-8H,9-21,36-38H2,(H,39,43)/b31-30-. The normalized spacial score (nSPS) is 16.0. The van der Waals surface area contributed by atoms with Gasteiger partial charge in [0.25, 0.3) is 11.8 Å². The molecule has 0 fully saturated rings. The Labute approximate surface area is 301 Å². The molecule has 0 aliphatic carbocycles. The number of benzene rings is 2. The van der Waals surface area contributed by atoms with E-state index in [0.29, 0.717) is 62.2 Å². The fourth-order valence-electron chi connectivity index (χ4n) is 5.24. The number of hydrazine groups is 1. The van der Waals surface area contributed by atoms with Gasteiger partial charge in [0.2, 0.25) is 11.8 Å². The molecule has 0 saturated heterocycles. The summed E-state index contributed by atoms with van der Waals surface area (Å²) >= 11 is 6.15. The number of hydrogen-bond acceptors (Lipinski definition) is 11. The molecule has 264 valence electrons. The molecule has 0 aromatic heterocycles. The van der Waals surface area contributed by atoms with Crippen LogP contribution in [0.4, 0.5) is 5.69 Å². The number of amides is 4. The van der Waals surface area contributed by atoms with Gasteiger partial charge in [-0.15, -0.1) is 0 Å². The SMILES string of the molecule is NCCOCCOCCN(N)/C1=C(\N)c2ccccc2N(C(=O)CCNC(=O)CCOCCN2C(=O)C(Br)=C(Br)C2=O)Cc2ccccc21. The molecule has 4 amide bonds. The Morgan fingerprint density at radius 3 is 2.18 bits per heavy atom. The van der Waals surface area contributed by atoms with E-state index in [1.807, 2.05) is 48.5 Å². The molecule has 0 spiro atoms. The van der Waals surface area contributed by atoms with Crippen LogP contribution in [0, 0.1) is 0 Å². The van der Waals surface area contributed by atoms with E-state index in [1.165, 1.54) is 0 Å². The predicted octanol–water partition coefficient (Wildman–Crippen LogP) is 1.77. The van der Waals surface area contributed by atoms with E-state index < -0.39 is 11.8 Å². The average Bonchev–Trinajstić information content (AvgIpc) is 3.27. The number of nitrogens with zero attached hydrogens (tertiary/aromatic N) is 3. The number of imide groups is 1. The summed E-state index contributed by atoms with van der Waals surface area (Å²) in [7, 11) is 0. The van der Waals surface area contributed by atoms with Crippen LogP contribution in [-0.4, -0.2) is 99.4 Å². The quantitative estimate of drug-likeness (QED) is 0.0742. The average molecular weight is 808 g/mol. The first kappa shape index (κ1) is 38.2. The van der Waals surface area contributed by atoms with E-state index in [1.54, 1.807) is 9.91 Å². The number of fused-ring (bicyclic) bond motifs is 2. The van der Waals surface area contributed by atoms with Crippen molar-refractivity contribution >= 4 is 72.6 Å². The lowest BCUT2D eigenvalue weighted by Gasteiger charge is -2.33. The Kier molecular flexibility index (Phi) is 14.8. The lowest BCUT2D eigenvalue weighted by molar-refractivity contribution is -0.138. The van der Waals surface area contributed by atoms with Gasteiger partial charge in [-0.2, -0.15) is 0 Å². The second kappa shape index (κ2) is 18.9. The van der Waals surface area contributed by atoms with E-state index in [2.05, 4.69) is 37.2 Å². The Bertz CT molecular complexity index is 1560. The molecule has 16 heteroatoms. The van der Waals surface area contributed by atoms with Gasteiger partial charge in [-0.05, 0) is 43.5 Å². The maximum absolute atomic E-state index is 13.7. The fraction of sp³-hybridized carbons (Fsp3) is 0.394. The maximum atomic E-state index is 13.7. The van der Waals surface area contributed by atoms with Crippen LogP contribution in [0.2, 0.25) is 0 Å². The van der Waals surface area contributed by atoms with Crippen molar-refractivity contribution in [3.8, 4) is 0 Å². The van der Waals surface area contributed by atoms with E-state index in [-0.39, 0.29) is 66.5 Å². The van der Waals surface area contributed by atoms with Crippen LogP contribution >= 0.6 is 31.9 Å². The summed E-state index contributed by atoms with van der Waals surface area (Å²) in [6.07, 6.45) is 0.0965. The van der Waals surface area contributed by atoms with Crippen LogP contribution < -0.4 is 27.5 Å². The van der Waals surface area contributed by atoms with Crippen molar-refractivity contribution in [1.82, 2.24) is 15.2 Å². The van der Waals surface area contributed by atoms with E-state index in [9.17, 15) is 19.2 Å². The van der Waals surface area contributed by atoms with Gasteiger partial charge in [-0.3, -0.25) is 24.1 Å². The molecule has 2 aliphatic rings. The van der Waals surface area contributed by atoms with Gasteiger partial charge < -0.3 is 40.9 Å². The minimum absolute atomic E-state index is 0.0465. The van der Waals surface area contributed by atoms with Crippen molar-refractivity contribution < 1.29 is 33.4 Å². The second-order valence-electron chi connectivity index (χ2n) is 11.0. The molecule has 2 aromatic carbocycles. The smallest absolute Gasteiger partial charge is 0.269 e. The first-order valence-electron chi connectivity index (χ1n) is 15.8. The molecule has 7 N–H and O–H groups in total. The summed E-state index contributed by atoms with van der Waals surface area (Å²) in [5.41, 5.74) is 16.2. The highest BCUT2D eigenvalue weighted by Gasteiger charge is 2.35. The number of nitrogens with one attached hydrogen (secondary N) is 1. The van der Waals surface area contributed by atoms with Crippen LogP contribution in [0.5, 0.6) is 0 Å². The van der Waals surface area contributed by atoms with E-state index >= 15 is 0 Å². The van der Waals surface area contributed by atoms with Crippen LogP contribution in [-0.2, 0) is 39.9 Å². The second-order valence-corrected chi connectivity index (χ2v) is 12.6. The van der Waals surface area contributed by atoms with Gasteiger partial charge in [0.1, 0.15) is 8.96 Å². The largest absolute Gasteiger partial charge is 0.396 e. The zero-order valence-electron chi connectivity index (χ0n) is 27.0. The van der Waals surface area contributed by atoms with Crippen molar-refractivity contribution in [3.05, 3.63) is 74.2 Å². The number of carbonyl (C=O) groups excluding carboxylic acids is 4. The van der Waals surface area contributed by atoms with Crippen LogP contribution in [0.1, 0.15) is 29.5 Å². The lowest BCUT2D eigenvalue weighted by atomic mass is 9.95. The molecule has 2 aliphatic heterocycles. The summed E-state index contributed by atoms with van der Waals surface area (Å²) < 4.78 is 16.8. The topological polar surface area (TPSA) is 196 Å². The predicted molar refractivity (Wildman–Crippen MR) is 191 cm³/mol. The summed E-state index contributed by atoms with van der Waals surface area (Å²) in [6, 6.07) is 15.0. The Hall–Kier alpha value is -3.64. The third-order valence-electron chi connectivity index (χ3n) is 7.69. The Morgan fingerprint density at radius 2 is 1.47 bits per heavy atom. The molecular weight excluding hydrogens is 766 g/mol. The number of anilines is 1. The molecule has 0 radical (unpaired) electrons. The molecule has 0 unspecified atom stereocenters. The van der Waals surface area contributed by atoms with Gasteiger partial charge in [0, 0.05) is 37.1 Å². The van der Waals surface area contributed by atoms with Crippen molar-refractivity contribution in [2.45, 2.75) is 19.4 Å². The zero-order valence-corrected chi connectivity index (χ0v) is 30.2. The van der Waals surface area contributed by atoms with Crippen molar-refractivity contribution in [2.24, 2.45) is 17.3 Å². The first-order valence-corrected chi connectivity index (χ1v) is 17.4. The monoisotopic (exact) mass is 805 g/mol. The number of rotatable bonds is 18. The Balaban J connectivity index is 1.34. The molecular formula is C33H41Br2N7O7. The van der Waals surface area contributed by atoms with Gasteiger partial charge in [-0.25, -0.2) is 5.84 Å². The van der Waals surface area contributed by atoms with Crippen LogP contribution in [0.3, 0.4) is 0 Å². The molecule has 0 bridgehead atoms. The number of para-hydroxylation sites is 1. The highest BCUT2D eigenvalue weighted by molar-refractivity contribution is 9.14. The van der Waals surface area contributed by atoms with E-state index in [4.69, 9.17) is 31.5 Å². The van der Waals surface area contributed by atoms with E-state index in [0.717, 1.165) is 16.0 Å². The minimum atomic E-state index is -0.447. The molecule has 2 aromatic rings. The maximum Gasteiger partial charge on any atom is 0.269 e. The summed E-state index contributed by atoms with van der Waals surface area (Å²) in [5, 5.41) is 4.34. The summed E-state index contributed by atoms with van der Waals surface area (Å²) in [5.74, 6) is 5.20. The van der Waals surface area contributed by atoms with Crippen molar-refractivity contribution in [3.63, 3.8) is 0 Å². The summed E-state index contributed by atoms with van der Waals surface area (Å²) in [4.78, 5) is 53.0. The van der Waals surface area contributed by atoms with Gasteiger partial charge in [0.15, 0.2) is 0 Å². The zero-order chi connectivity index (χ0) is 35.3. The third kappa shape index (κ3) is 9.97. The molecule has 4 rings (SSSR count). The van der Waals surface area contributed by atoms with Gasteiger partial charge in [-0.1, -0.05) is 42.5 Å². The molecule has 2 heterocycles.